The fraction of sp³-hybridized carbons (Fsp3) is 0.231. The summed E-state index contributed by atoms with van der Waals surface area (Å²) in [5.41, 5.74) is 0.721. The molecule has 0 amide bonds. The largest absolute Gasteiger partial charge is 0.508 e. The first-order valence-corrected chi connectivity index (χ1v) is 7.38. The summed E-state index contributed by atoms with van der Waals surface area (Å²) < 4.78 is 30.1. The average molecular weight is 296 g/mol. The monoisotopic (exact) mass is 296 g/mol. The van der Waals surface area contributed by atoms with Crippen molar-refractivity contribution in [1.82, 2.24) is 4.31 Å². The van der Waals surface area contributed by atoms with Crippen molar-refractivity contribution >= 4 is 15.7 Å². The summed E-state index contributed by atoms with van der Waals surface area (Å²) in [6.07, 6.45) is 0. The van der Waals surface area contributed by atoms with E-state index in [9.17, 15) is 13.5 Å². The number of hydrogen-bond acceptors (Lipinski definition) is 5. The van der Waals surface area contributed by atoms with Crippen molar-refractivity contribution in [1.29, 1.82) is 0 Å². The molecule has 0 aliphatic heterocycles. The second-order valence-corrected chi connectivity index (χ2v) is 6.49. The molecular weight excluding hydrogens is 280 g/mol. The fourth-order valence-corrected chi connectivity index (χ4v) is 2.39. The minimum absolute atomic E-state index is 0.0878. The van der Waals surface area contributed by atoms with Crippen LogP contribution >= 0.6 is 0 Å². The van der Waals surface area contributed by atoms with E-state index in [-0.39, 0.29) is 10.8 Å². The smallest absolute Gasteiger partial charge is 0.275 e. The molecule has 2 N–H and O–H groups in total. The zero-order valence-corrected chi connectivity index (χ0v) is 12.0. The number of phenols is 1. The highest BCUT2D eigenvalue weighted by Crippen LogP contribution is 2.19. The van der Waals surface area contributed by atoms with Crippen LogP contribution in [-0.4, -0.2) is 31.9 Å². The summed E-state index contributed by atoms with van der Waals surface area (Å²) in [5, 5.41) is 12.3. The molecule has 0 saturated heterocycles. The van der Waals surface area contributed by atoms with Crippen molar-refractivity contribution < 1.29 is 17.9 Å². The molecular formula is C13H16N2O4S. The van der Waals surface area contributed by atoms with Crippen LogP contribution in [-0.2, 0) is 16.6 Å². The fourth-order valence-electron chi connectivity index (χ4n) is 1.58. The number of sulfonamides is 1. The molecule has 0 spiro atoms. The lowest BCUT2D eigenvalue weighted by Crippen LogP contribution is -2.21. The summed E-state index contributed by atoms with van der Waals surface area (Å²) in [6.45, 7) is 0.326. The van der Waals surface area contributed by atoms with E-state index in [1.54, 1.807) is 30.3 Å². The van der Waals surface area contributed by atoms with Crippen molar-refractivity contribution in [3.63, 3.8) is 0 Å². The Hall–Kier alpha value is -1.99. The zero-order chi connectivity index (χ0) is 14.8. The first-order chi connectivity index (χ1) is 9.39. The van der Waals surface area contributed by atoms with Gasteiger partial charge in [-0.05, 0) is 24.3 Å². The van der Waals surface area contributed by atoms with Gasteiger partial charge in [0.15, 0.2) is 0 Å². The molecule has 1 heterocycles. The maximum Gasteiger partial charge on any atom is 0.275 e. The molecule has 0 aliphatic carbocycles. The van der Waals surface area contributed by atoms with Gasteiger partial charge in [0.2, 0.25) is 5.09 Å². The van der Waals surface area contributed by atoms with Crippen molar-refractivity contribution in [3.05, 3.63) is 42.2 Å². The van der Waals surface area contributed by atoms with Gasteiger partial charge in [0.1, 0.15) is 11.5 Å². The van der Waals surface area contributed by atoms with Gasteiger partial charge in [-0.15, -0.1) is 0 Å². The Morgan fingerprint density at radius 1 is 1.25 bits per heavy atom. The summed E-state index contributed by atoms with van der Waals surface area (Å²) in [4.78, 5) is 0. The third kappa shape index (κ3) is 3.12. The second kappa shape index (κ2) is 5.56. The molecule has 0 saturated carbocycles. The molecule has 0 fully saturated rings. The molecule has 108 valence electrons. The van der Waals surface area contributed by atoms with Crippen LogP contribution in [0.4, 0.5) is 5.69 Å². The normalized spacial score (nSPS) is 11.8. The van der Waals surface area contributed by atoms with Crippen LogP contribution in [0, 0.1) is 0 Å². The topological polar surface area (TPSA) is 82.8 Å². The predicted molar refractivity (Wildman–Crippen MR) is 75.0 cm³/mol. The molecule has 0 unspecified atom stereocenters. The molecule has 0 bridgehead atoms. The first-order valence-electron chi connectivity index (χ1n) is 5.94. The molecule has 2 aromatic rings. The van der Waals surface area contributed by atoms with Crippen molar-refractivity contribution in [3.8, 4) is 5.75 Å². The standard InChI is InChI=1S/C13H16N2O4S/c1-15(2)20(17,18)13-7-6-12(19-13)9-14-10-4-3-5-11(16)8-10/h3-8,14,16H,9H2,1-2H3. The molecule has 0 atom stereocenters. The number of furan rings is 1. The number of phenolic OH excluding ortho intramolecular Hbond substituents is 1. The number of nitrogens with zero attached hydrogens (tertiary/aromatic N) is 1. The quantitative estimate of drug-likeness (QED) is 0.880. The predicted octanol–water partition coefficient (Wildman–Crippen LogP) is 1.85. The van der Waals surface area contributed by atoms with Crippen LogP contribution < -0.4 is 5.32 Å². The third-order valence-corrected chi connectivity index (χ3v) is 4.37. The van der Waals surface area contributed by atoms with E-state index in [1.165, 1.54) is 20.2 Å². The molecule has 6 nitrogen and oxygen atoms in total. The Morgan fingerprint density at radius 3 is 2.65 bits per heavy atom. The average Bonchev–Trinajstić information content (AvgIpc) is 2.85. The zero-order valence-electron chi connectivity index (χ0n) is 11.2. The van der Waals surface area contributed by atoms with Crippen LogP contribution in [0.5, 0.6) is 5.75 Å². The van der Waals surface area contributed by atoms with Crippen LogP contribution in [0.1, 0.15) is 5.76 Å². The molecule has 1 aromatic carbocycles. The van der Waals surface area contributed by atoms with E-state index in [2.05, 4.69) is 5.32 Å². The van der Waals surface area contributed by atoms with Gasteiger partial charge in [-0.25, -0.2) is 12.7 Å². The minimum atomic E-state index is -3.55. The number of rotatable bonds is 5. The van der Waals surface area contributed by atoms with E-state index in [1.807, 2.05) is 0 Å². The highest BCUT2D eigenvalue weighted by Gasteiger charge is 2.21. The number of aromatic hydroxyl groups is 1. The van der Waals surface area contributed by atoms with Gasteiger partial charge in [0.05, 0.1) is 6.54 Å². The van der Waals surface area contributed by atoms with E-state index in [4.69, 9.17) is 4.42 Å². The summed E-state index contributed by atoms with van der Waals surface area (Å²) in [5.74, 6) is 0.652. The third-order valence-electron chi connectivity index (χ3n) is 2.68. The Labute approximate surface area is 117 Å². The maximum atomic E-state index is 11.8. The molecule has 0 radical (unpaired) electrons. The van der Waals surface area contributed by atoms with Crippen LogP contribution in [0.25, 0.3) is 0 Å². The molecule has 1 aromatic heterocycles. The van der Waals surface area contributed by atoms with Gasteiger partial charge in [-0.1, -0.05) is 6.07 Å². The Balaban J connectivity index is 2.07. The van der Waals surface area contributed by atoms with Gasteiger partial charge in [-0.2, -0.15) is 0 Å². The number of hydrogen-bond donors (Lipinski definition) is 2. The summed E-state index contributed by atoms with van der Waals surface area (Å²) in [7, 11) is -0.653. The minimum Gasteiger partial charge on any atom is -0.508 e. The Morgan fingerprint density at radius 2 is 2.00 bits per heavy atom. The van der Waals surface area contributed by atoms with Crippen LogP contribution in [0.3, 0.4) is 0 Å². The SMILES string of the molecule is CN(C)S(=O)(=O)c1ccc(CNc2cccc(O)c2)o1. The van der Waals surface area contributed by atoms with E-state index in [0.29, 0.717) is 12.3 Å². The highest BCUT2D eigenvalue weighted by atomic mass is 32.2. The molecule has 0 aliphatic rings. The highest BCUT2D eigenvalue weighted by molar-refractivity contribution is 7.88. The van der Waals surface area contributed by atoms with E-state index >= 15 is 0 Å². The van der Waals surface area contributed by atoms with E-state index < -0.39 is 10.0 Å². The van der Waals surface area contributed by atoms with Crippen molar-refractivity contribution in [2.45, 2.75) is 11.6 Å². The Kier molecular flexibility index (Phi) is 4.01. The van der Waals surface area contributed by atoms with Gasteiger partial charge in [0, 0.05) is 25.8 Å². The summed E-state index contributed by atoms with van der Waals surface area (Å²) in [6, 6.07) is 9.67. The van der Waals surface area contributed by atoms with Gasteiger partial charge < -0.3 is 14.8 Å². The molecule has 2 rings (SSSR count). The lowest BCUT2D eigenvalue weighted by atomic mass is 10.3. The number of nitrogens with one attached hydrogen (secondary N) is 1. The van der Waals surface area contributed by atoms with Gasteiger partial charge in [0.25, 0.3) is 10.0 Å². The summed E-state index contributed by atoms with van der Waals surface area (Å²) >= 11 is 0. The van der Waals surface area contributed by atoms with Crippen molar-refractivity contribution in [2.24, 2.45) is 0 Å². The van der Waals surface area contributed by atoms with E-state index in [0.717, 1.165) is 9.99 Å². The van der Waals surface area contributed by atoms with Gasteiger partial charge >= 0.3 is 0 Å². The number of benzene rings is 1. The lowest BCUT2D eigenvalue weighted by Gasteiger charge is -2.08. The van der Waals surface area contributed by atoms with Crippen LogP contribution in [0.2, 0.25) is 0 Å². The van der Waals surface area contributed by atoms with Crippen LogP contribution in [0.15, 0.2) is 45.9 Å². The maximum absolute atomic E-state index is 11.8. The Bertz CT molecular complexity index is 692. The number of anilines is 1. The molecule has 20 heavy (non-hydrogen) atoms. The lowest BCUT2D eigenvalue weighted by molar-refractivity contribution is 0.402. The van der Waals surface area contributed by atoms with Gasteiger partial charge in [-0.3, -0.25) is 0 Å². The second-order valence-electron chi connectivity index (χ2n) is 4.41. The van der Waals surface area contributed by atoms with Crippen molar-refractivity contribution in [2.75, 3.05) is 19.4 Å². The molecule has 7 heteroatoms. The first kappa shape index (κ1) is 14.4.